The predicted molar refractivity (Wildman–Crippen MR) is 64.8 cm³/mol. The van der Waals surface area contributed by atoms with Gasteiger partial charge in [-0.1, -0.05) is 13.8 Å². The molecule has 1 N–H and O–H groups in total. The van der Waals surface area contributed by atoms with E-state index in [1.165, 1.54) is 0 Å². The number of hydrogen-bond acceptors (Lipinski definition) is 4. The molecule has 3 aliphatic rings. The van der Waals surface area contributed by atoms with Gasteiger partial charge in [0.25, 0.3) is 0 Å². The third-order valence-electron chi connectivity index (χ3n) is 4.44. The number of aliphatic hydroxyl groups is 1. The third-order valence-corrected chi connectivity index (χ3v) is 4.44. The first-order valence-electron chi connectivity index (χ1n) is 6.47. The van der Waals surface area contributed by atoms with Gasteiger partial charge in [-0.15, -0.1) is 0 Å². The highest BCUT2D eigenvalue weighted by atomic mass is 16.5. The van der Waals surface area contributed by atoms with Crippen LogP contribution >= 0.6 is 0 Å². The first-order valence-corrected chi connectivity index (χ1v) is 6.47. The SMILES string of the molecule is COC[C@]1(CO)C(=O)[C@@H]2CCN1[C@@H](C(C)C)C2. The summed E-state index contributed by atoms with van der Waals surface area (Å²) < 4.78 is 5.20. The van der Waals surface area contributed by atoms with Gasteiger partial charge in [-0.05, 0) is 18.8 Å². The molecule has 4 atom stereocenters. The quantitative estimate of drug-likeness (QED) is 0.786. The summed E-state index contributed by atoms with van der Waals surface area (Å²) in [5, 5.41) is 9.72. The lowest BCUT2D eigenvalue weighted by molar-refractivity contribution is -0.168. The molecule has 3 heterocycles. The van der Waals surface area contributed by atoms with E-state index >= 15 is 0 Å². The fraction of sp³-hybridized carbons (Fsp3) is 0.923. The second kappa shape index (κ2) is 4.67. The number of Topliss-reactive ketones (excluding diaryl/α,β-unsaturated/α-hetero) is 1. The Labute approximate surface area is 103 Å². The fourth-order valence-corrected chi connectivity index (χ4v) is 3.53. The van der Waals surface area contributed by atoms with Crippen molar-refractivity contribution < 1.29 is 14.6 Å². The second-order valence-electron chi connectivity index (χ2n) is 5.71. The Morgan fingerprint density at radius 2 is 2.29 bits per heavy atom. The van der Waals surface area contributed by atoms with Gasteiger partial charge in [-0.2, -0.15) is 0 Å². The molecule has 0 amide bonds. The molecule has 0 saturated carbocycles. The zero-order valence-electron chi connectivity index (χ0n) is 11.0. The average Bonchev–Trinajstić information content (AvgIpc) is 2.33. The lowest BCUT2D eigenvalue weighted by Gasteiger charge is -2.57. The van der Waals surface area contributed by atoms with Crippen molar-refractivity contribution in [2.24, 2.45) is 11.8 Å². The Bertz CT molecular complexity index is 305. The molecule has 0 aromatic heterocycles. The number of rotatable bonds is 4. The van der Waals surface area contributed by atoms with Gasteiger partial charge < -0.3 is 9.84 Å². The number of fused-ring (bicyclic) bond motifs is 3. The topological polar surface area (TPSA) is 49.8 Å². The first kappa shape index (κ1) is 13.0. The Hall–Kier alpha value is -0.450. The molecule has 0 aliphatic carbocycles. The lowest BCUT2D eigenvalue weighted by Crippen LogP contribution is -2.72. The van der Waals surface area contributed by atoms with Gasteiger partial charge in [-0.3, -0.25) is 9.69 Å². The summed E-state index contributed by atoms with van der Waals surface area (Å²) in [5.41, 5.74) is -0.773. The molecule has 98 valence electrons. The molecule has 3 fully saturated rings. The lowest BCUT2D eigenvalue weighted by atomic mass is 9.69. The molecule has 17 heavy (non-hydrogen) atoms. The predicted octanol–water partition coefficient (Wildman–Crippen LogP) is 0.683. The van der Waals surface area contributed by atoms with Crippen LogP contribution in [0.1, 0.15) is 26.7 Å². The van der Waals surface area contributed by atoms with E-state index in [0.29, 0.717) is 18.6 Å². The summed E-state index contributed by atoms with van der Waals surface area (Å²) >= 11 is 0. The minimum absolute atomic E-state index is 0.120. The normalized spacial score (nSPS) is 41.2. The Balaban J connectivity index is 2.33. The van der Waals surface area contributed by atoms with Gasteiger partial charge in [0.1, 0.15) is 5.54 Å². The van der Waals surface area contributed by atoms with Gasteiger partial charge in [0.05, 0.1) is 13.2 Å². The van der Waals surface area contributed by atoms with Crippen LogP contribution in [0.25, 0.3) is 0 Å². The van der Waals surface area contributed by atoms with E-state index < -0.39 is 5.54 Å². The van der Waals surface area contributed by atoms with Crippen molar-refractivity contribution in [1.29, 1.82) is 0 Å². The standard InChI is InChI=1S/C13H23NO3/c1-9(2)11-6-10-4-5-14(11)13(7-15,8-17-3)12(10)16/h9-11,15H,4-8H2,1-3H3/t10-,11-,13-/m1/s1. The number of carbonyl (C=O) groups is 1. The summed E-state index contributed by atoms with van der Waals surface area (Å²) in [5.74, 6) is 0.813. The number of hydrogen-bond donors (Lipinski definition) is 1. The van der Waals surface area contributed by atoms with Gasteiger partial charge in [0.15, 0.2) is 5.78 Å². The van der Waals surface area contributed by atoms with Gasteiger partial charge >= 0.3 is 0 Å². The smallest absolute Gasteiger partial charge is 0.161 e. The molecule has 1 unspecified atom stereocenters. The first-order chi connectivity index (χ1) is 8.06. The zero-order chi connectivity index (χ0) is 12.6. The number of aliphatic hydroxyl groups excluding tert-OH is 1. The van der Waals surface area contributed by atoms with E-state index in [0.717, 1.165) is 19.4 Å². The number of methoxy groups -OCH3 is 1. The fourth-order valence-electron chi connectivity index (χ4n) is 3.53. The molecule has 3 saturated heterocycles. The van der Waals surface area contributed by atoms with E-state index in [9.17, 15) is 9.90 Å². The van der Waals surface area contributed by atoms with Crippen LogP contribution in [0.2, 0.25) is 0 Å². The molecule has 0 aromatic carbocycles. The molecule has 3 rings (SSSR count). The van der Waals surface area contributed by atoms with E-state index in [2.05, 4.69) is 18.7 Å². The summed E-state index contributed by atoms with van der Waals surface area (Å²) in [7, 11) is 1.60. The van der Waals surface area contributed by atoms with E-state index in [4.69, 9.17) is 4.74 Å². The number of ketones is 1. The van der Waals surface area contributed by atoms with Crippen LogP contribution in [0.3, 0.4) is 0 Å². The van der Waals surface area contributed by atoms with Crippen molar-refractivity contribution in [3.05, 3.63) is 0 Å². The largest absolute Gasteiger partial charge is 0.394 e. The van der Waals surface area contributed by atoms with Crippen molar-refractivity contribution in [2.45, 2.75) is 38.3 Å². The second-order valence-corrected chi connectivity index (χ2v) is 5.71. The molecule has 4 nitrogen and oxygen atoms in total. The Morgan fingerprint density at radius 3 is 2.82 bits per heavy atom. The highest BCUT2D eigenvalue weighted by Crippen LogP contribution is 2.42. The van der Waals surface area contributed by atoms with Crippen molar-refractivity contribution in [1.82, 2.24) is 4.90 Å². The van der Waals surface area contributed by atoms with Crippen LogP contribution in [0, 0.1) is 11.8 Å². The highest BCUT2D eigenvalue weighted by Gasteiger charge is 2.56. The minimum atomic E-state index is -0.773. The third kappa shape index (κ3) is 1.83. The molecule has 0 aromatic rings. The van der Waals surface area contributed by atoms with Crippen LogP contribution < -0.4 is 0 Å². The van der Waals surface area contributed by atoms with Crippen molar-refractivity contribution in [3.63, 3.8) is 0 Å². The molecule has 0 spiro atoms. The number of nitrogens with zero attached hydrogens (tertiary/aromatic N) is 1. The van der Waals surface area contributed by atoms with Crippen molar-refractivity contribution in [3.8, 4) is 0 Å². The van der Waals surface area contributed by atoms with Crippen LogP contribution in [-0.4, -0.2) is 54.2 Å². The number of carbonyl (C=O) groups excluding carboxylic acids is 1. The Morgan fingerprint density at radius 1 is 1.59 bits per heavy atom. The van der Waals surface area contributed by atoms with E-state index in [1.54, 1.807) is 7.11 Å². The zero-order valence-corrected chi connectivity index (χ0v) is 11.0. The van der Waals surface area contributed by atoms with Gasteiger partial charge in [0, 0.05) is 25.6 Å². The van der Waals surface area contributed by atoms with Crippen LogP contribution in [0.4, 0.5) is 0 Å². The van der Waals surface area contributed by atoms with Crippen LogP contribution in [-0.2, 0) is 9.53 Å². The summed E-state index contributed by atoms with van der Waals surface area (Å²) in [6.07, 6.45) is 1.88. The van der Waals surface area contributed by atoms with Crippen LogP contribution in [0.5, 0.6) is 0 Å². The highest BCUT2D eigenvalue weighted by molar-refractivity contribution is 5.92. The molecule has 4 heteroatoms. The average molecular weight is 241 g/mol. The summed E-state index contributed by atoms with van der Waals surface area (Å²) in [6.45, 7) is 5.46. The number of ether oxygens (including phenoxy) is 1. The number of piperidine rings is 3. The minimum Gasteiger partial charge on any atom is -0.394 e. The maximum atomic E-state index is 12.4. The van der Waals surface area contributed by atoms with Crippen molar-refractivity contribution >= 4 is 5.78 Å². The van der Waals surface area contributed by atoms with Crippen LogP contribution in [0.15, 0.2) is 0 Å². The Kier molecular flexibility index (Phi) is 3.57. The van der Waals surface area contributed by atoms with E-state index in [1.807, 2.05) is 0 Å². The molecular weight excluding hydrogens is 218 g/mol. The molecule has 2 bridgehead atoms. The summed E-state index contributed by atoms with van der Waals surface area (Å²) in [4.78, 5) is 14.6. The van der Waals surface area contributed by atoms with Crippen molar-refractivity contribution in [2.75, 3.05) is 26.9 Å². The molecular formula is C13H23NO3. The van der Waals surface area contributed by atoms with E-state index in [-0.39, 0.29) is 18.3 Å². The van der Waals surface area contributed by atoms with Gasteiger partial charge in [0.2, 0.25) is 0 Å². The maximum absolute atomic E-state index is 12.4. The molecule has 0 radical (unpaired) electrons. The summed E-state index contributed by atoms with van der Waals surface area (Å²) in [6, 6.07) is 0.397. The van der Waals surface area contributed by atoms with Gasteiger partial charge in [-0.25, -0.2) is 0 Å². The maximum Gasteiger partial charge on any atom is 0.161 e. The molecule has 3 aliphatic heterocycles. The monoisotopic (exact) mass is 241 g/mol.